The first-order valence-corrected chi connectivity index (χ1v) is 13.2. The first-order chi connectivity index (χ1) is 16.1. The number of carboxylic acids is 1. The number of carbonyl (C=O) groups excluding carboxylic acids is 1. The molecule has 1 aliphatic heterocycles. The molecule has 2 heterocycles. The van der Waals surface area contributed by atoms with Crippen LogP contribution in [0.4, 0.5) is 0 Å². The lowest BCUT2D eigenvalue weighted by Gasteiger charge is -2.42. The molecule has 1 fully saturated rings. The average Bonchev–Trinajstić information content (AvgIpc) is 3.25. The van der Waals surface area contributed by atoms with Crippen molar-refractivity contribution in [3.63, 3.8) is 0 Å². The van der Waals surface area contributed by atoms with Gasteiger partial charge in [0.25, 0.3) is 0 Å². The SMILES string of the molecule is CC1(C)SCCN(S(=O)(=O)c2ccc(-c3ccc(Cn4cccc4C=O)cc3)cc2)C1C(=O)O. The van der Waals surface area contributed by atoms with Crippen LogP contribution in [0.3, 0.4) is 0 Å². The Kier molecular flexibility index (Phi) is 6.71. The zero-order valence-corrected chi connectivity index (χ0v) is 20.6. The lowest BCUT2D eigenvalue weighted by Crippen LogP contribution is -2.58. The van der Waals surface area contributed by atoms with Gasteiger partial charge in [-0.25, -0.2) is 8.42 Å². The van der Waals surface area contributed by atoms with Gasteiger partial charge in [-0.05, 0) is 54.8 Å². The highest BCUT2D eigenvalue weighted by Gasteiger charge is 2.48. The number of benzene rings is 2. The summed E-state index contributed by atoms with van der Waals surface area (Å²) in [5.41, 5.74) is 3.42. The number of rotatable bonds is 7. The minimum Gasteiger partial charge on any atom is -0.480 e. The van der Waals surface area contributed by atoms with Gasteiger partial charge in [-0.3, -0.25) is 9.59 Å². The van der Waals surface area contributed by atoms with Crippen LogP contribution in [0.5, 0.6) is 0 Å². The van der Waals surface area contributed by atoms with E-state index in [4.69, 9.17) is 0 Å². The summed E-state index contributed by atoms with van der Waals surface area (Å²) in [5, 5.41) is 9.74. The molecule has 1 atom stereocenters. The van der Waals surface area contributed by atoms with Crippen LogP contribution in [0.1, 0.15) is 29.9 Å². The van der Waals surface area contributed by atoms with Crippen LogP contribution in [-0.2, 0) is 21.4 Å². The molecule has 1 unspecified atom stereocenters. The van der Waals surface area contributed by atoms with Crippen molar-refractivity contribution in [2.24, 2.45) is 0 Å². The molecule has 0 spiro atoms. The number of aldehydes is 1. The molecule has 1 aromatic heterocycles. The summed E-state index contributed by atoms with van der Waals surface area (Å²) in [4.78, 5) is 23.1. The van der Waals surface area contributed by atoms with E-state index in [1.54, 1.807) is 32.0 Å². The van der Waals surface area contributed by atoms with Gasteiger partial charge >= 0.3 is 5.97 Å². The zero-order valence-electron chi connectivity index (χ0n) is 18.9. The number of carboxylic acid groups (broad SMARTS) is 1. The van der Waals surface area contributed by atoms with Gasteiger partial charge < -0.3 is 9.67 Å². The number of carbonyl (C=O) groups is 2. The van der Waals surface area contributed by atoms with Crippen LogP contribution in [0.2, 0.25) is 0 Å². The third-order valence-electron chi connectivity index (χ3n) is 6.05. The maximum absolute atomic E-state index is 13.3. The molecule has 178 valence electrons. The summed E-state index contributed by atoms with van der Waals surface area (Å²) in [7, 11) is -3.96. The van der Waals surface area contributed by atoms with E-state index >= 15 is 0 Å². The van der Waals surface area contributed by atoms with E-state index in [1.165, 1.54) is 23.9 Å². The fourth-order valence-corrected chi connectivity index (χ4v) is 7.36. The Labute approximate surface area is 203 Å². The standard InChI is InChI=1S/C25H26N2O5S2/c1-25(2)23(24(29)30)27(14-15-33-25)34(31,32)22-11-9-20(10-12-22)19-7-5-18(6-8-19)16-26-13-3-4-21(26)17-28/h3-13,17,23H,14-16H2,1-2H3,(H,29,30). The Bertz CT molecular complexity index is 1300. The number of aliphatic carboxylic acids is 1. The molecular formula is C25H26N2O5S2. The van der Waals surface area contributed by atoms with Crippen LogP contribution in [0, 0.1) is 0 Å². The van der Waals surface area contributed by atoms with Gasteiger partial charge in [0, 0.05) is 29.8 Å². The Morgan fingerprint density at radius 1 is 1.09 bits per heavy atom. The van der Waals surface area contributed by atoms with Crippen LogP contribution in [0.15, 0.2) is 71.8 Å². The number of thioether (sulfide) groups is 1. The lowest BCUT2D eigenvalue weighted by molar-refractivity contribution is -0.142. The Balaban J connectivity index is 1.54. The molecule has 0 bridgehead atoms. The van der Waals surface area contributed by atoms with Crippen LogP contribution < -0.4 is 0 Å². The molecule has 1 aliphatic rings. The molecule has 1 saturated heterocycles. The minimum absolute atomic E-state index is 0.0795. The summed E-state index contributed by atoms with van der Waals surface area (Å²) in [6.07, 6.45) is 2.68. The van der Waals surface area contributed by atoms with Gasteiger partial charge in [0.05, 0.1) is 10.6 Å². The monoisotopic (exact) mass is 498 g/mol. The topological polar surface area (TPSA) is 96.7 Å². The number of hydrogen-bond donors (Lipinski definition) is 1. The Morgan fingerprint density at radius 3 is 2.29 bits per heavy atom. The molecule has 4 rings (SSSR count). The smallest absolute Gasteiger partial charge is 0.323 e. The second-order valence-corrected chi connectivity index (χ2v) is 12.3. The Morgan fingerprint density at radius 2 is 1.71 bits per heavy atom. The van der Waals surface area contributed by atoms with Crippen LogP contribution in [-0.4, -0.2) is 57.7 Å². The first kappa shape index (κ1) is 24.3. The maximum atomic E-state index is 13.3. The zero-order chi connectivity index (χ0) is 24.5. The normalized spacial score (nSPS) is 18.5. The highest BCUT2D eigenvalue weighted by molar-refractivity contribution is 8.00. The molecule has 9 heteroatoms. The van der Waals surface area contributed by atoms with Gasteiger partial charge in [0.15, 0.2) is 6.29 Å². The summed E-state index contributed by atoms with van der Waals surface area (Å²) in [6, 6.07) is 16.8. The molecular weight excluding hydrogens is 472 g/mol. The van der Waals surface area contributed by atoms with Gasteiger partial charge in [-0.15, -0.1) is 0 Å². The number of sulfonamides is 1. The van der Waals surface area contributed by atoms with Gasteiger partial charge in [-0.1, -0.05) is 36.4 Å². The van der Waals surface area contributed by atoms with E-state index in [1.807, 2.05) is 41.1 Å². The fraction of sp³-hybridized carbons (Fsp3) is 0.280. The predicted molar refractivity (Wildman–Crippen MR) is 133 cm³/mol. The van der Waals surface area contributed by atoms with Crippen molar-refractivity contribution in [1.29, 1.82) is 0 Å². The van der Waals surface area contributed by atoms with Gasteiger partial charge in [0.1, 0.15) is 6.04 Å². The maximum Gasteiger partial charge on any atom is 0.323 e. The third kappa shape index (κ3) is 4.68. The summed E-state index contributed by atoms with van der Waals surface area (Å²) >= 11 is 1.47. The van der Waals surface area contributed by atoms with Crippen LogP contribution >= 0.6 is 11.8 Å². The summed E-state index contributed by atoms with van der Waals surface area (Å²) < 4.78 is 28.9. The number of aromatic nitrogens is 1. The first-order valence-electron chi connectivity index (χ1n) is 10.8. The van der Waals surface area contributed by atoms with Crippen molar-refractivity contribution in [3.05, 3.63) is 78.1 Å². The molecule has 34 heavy (non-hydrogen) atoms. The van der Waals surface area contributed by atoms with E-state index in [9.17, 15) is 23.1 Å². The van der Waals surface area contributed by atoms with E-state index in [0.29, 0.717) is 18.0 Å². The van der Waals surface area contributed by atoms with E-state index in [2.05, 4.69) is 0 Å². The molecule has 0 radical (unpaired) electrons. The second kappa shape index (κ2) is 9.40. The third-order valence-corrected chi connectivity index (χ3v) is 9.29. The molecule has 2 aromatic carbocycles. The highest BCUT2D eigenvalue weighted by atomic mass is 32.2. The van der Waals surface area contributed by atoms with Crippen molar-refractivity contribution < 1.29 is 23.1 Å². The molecule has 1 N–H and O–H groups in total. The quantitative estimate of drug-likeness (QED) is 0.495. The molecule has 0 saturated carbocycles. The summed E-state index contributed by atoms with van der Waals surface area (Å²) in [6.45, 7) is 4.26. The summed E-state index contributed by atoms with van der Waals surface area (Å²) in [5.74, 6) is -0.602. The van der Waals surface area contributed by atoms with Crippen molar-refractivity contribution in [2.75, 3.05) is 12.3 Å². The van der Waals surface area contributed by atoms with E-state index in [0.717, 1.165) is 27.3 Å². The number of hydrogen-bond acceptors (Lipinski definition) is 5. The molecule has 7 nitrogen and oxygen atoms in total. The highest BCUT2D eigenvalue weighted by Crippen LogP contribution is 2.38. The Hall–Kier alpha value is -2.88. The van der Waals surface area contributed by atoms with Crippen molar-refractivity contribution in [1.82, 2.24) is 8.87 Å². The second-order valence-electron chi connectivity index (χ2n) is 8.71. The molecule has 0 amide bonds. The van der Waals surface area contributed by atoms with Crippen molar-refractivity contribution in [2.45, 2.75) is 36.1 Å². The predicted octanol–water partition coefficient (Wildman–Crippen LogP) is 3.99. The largest absolute Gasteiger partial charge is 0.480 e. The van der Waals surface area contributed by atoms with Crippen molar-refractivity contribution in [3.8, 4) is 11.1 Å². The molecule has 3 aromatic rings. The minimum atomic E-state index is -3.96. The lowest BCUT2D eigenvalue weighted by atomic mass is 10.0. The molecule has 0 aliphatic carbocycles. The van der Waals surface area contributed by atoms with E-state index < -0.39 is 26.8 Å². The van der Waals surface area contributed by atoms with Crippen molar-refractivity contribution >= 4 is 34.0 Å². The average molecular weight is 499 g/mol. The van der Waals surface area contributed by atoms with Crippen LogP contribution in [0.25, 0.3) is 11.1 Å². The fourth-order valence-electron chi connectivity index (χ4n) is 4.27. The van der Waals surface area contributed by atoms with Gasteiger partial charge in [0.2, 0.25) is 10.0 Å². The van der Waals surface area contributed by atoms with E-state index in [-0.39, 0.29) is 11.4 Å². The van der Waals surface area contributed by atoms with Gasteiger partial charge in [-0.2, -0.15) is 16.1 Å². The number of nitrogens with zero attached hydrogens (tertiary/aromatic N) is 2.